The smallest absolute Gasteiger partial charge is 0.348 e. The van der Waals surface area contributed by atoms with E-state index in [-0.39, 0.29) is 24.9 Å². The van der Waals surface area contributed by atoms with Gasteiger partial charge in [0, 0.05) is 6.08 Å². The van der Waals surface area contributed by atoms with Crippen LogP contribution in [0.15, 0.2) is 22.6 Å². The van der Waals surface area contributed by atoms with Crippen LogP contribution in [-0.4, -0.2) is 28.5 Å². The van der Waals surface area contributed by atoms with Crippen molar-refractivity contribution >= 4 is 45.4 Å². The van der Waals surface area contributed by atoms with Gasteiger partial charge in [-0.15, -0.1) is 11.3 Å². The Bertz CT molecular complexity index is 1070. The number of anilines is 1. The van der Waals surface area contributed by atoms with E-state index >= 15 is 0 Å². The van der Waals surface area contributed by atoms with Crippen LogP contribution in [0.2, 0.25) is 0 Å². The number of nitrogens with zero attached hydrogens (tertiary/aromatic N) is 2. The number of nitrogen functional groups attached to an aromatic ring is 1. The number of fused-ring (bicyclic) bond motifs is 1. The summed E-state index contributed by atoms with van der Waals surface area (Å²) >= 11 is 1.17. The Labute approximate surface area is 165 Å². The molecule has 0 atom stereocenters. The maximum Gasteiger partial charge on any atom is 0.348 e. The molecule has 3 aromatic rings. The highest BCUT2D eigenvalue weighted by molar-refractivity contribution is 7.20. The van der Waals surface area contributed by atoms with Crippen molar-refractivity contribution in [2.75, 3.05) is 12.3 Å². The Kier molecular flexibility index (Phi) is 5.74. The van der Waals surface area contributed by atoms with Gasteiger partial charge in [0.05, 0.1) is 12.0 Å². The van der Waals surface area contributed by atoms with E-state index in [2.05, 4.69) is 9.97 Å². The number of carbonyl (C=O) groups is 2. The van der Waals surface area contributed by atoms with Gasteiger partial charge in [-0.25, -0.2) is 19.6 Å². The number of hydrogen-bond acceptors (Lipinski definition) is 9. The van der Waals surface area contributed by atoms with Crippen LogP contribution in [0.1, 0.15) is 39.5 Å². The molecule has 0 aliphatic carbocycles. The molecule has 2 N–H and O–H groups in total. The second-order valence-electron chi connectivity index (χ2n) is 5.87. The van der Waals surface area contributed by atoms with Crippen LogP contribution >= 0.6 is 11.3 Å². The molecule has 3 aromatic heterocycles. The van der Waals surface area contributed by atoms with Crippen LogP contribution < -0.4 is 5.73 Å². The van der Waals surface area contributed by atoms with Crippen LogP contribution in [0.25, 0.3) is 16.3 Å². The summed E-state index contributed by atoms with van der Waals surface area (Å²) in [6.07, 6.45) is 2.77. The van der Waals surface area contributed by atoms with Gasteiger partial charge in [-0.3, -0.25) is 0 Å². The molecular weight excluding hydrogens is 382 g/mol. The number of furan rings is 1. The van der Waals surface area contributed by atoms with Gasteiger partial charge in [-0.1, -0.05) is 0 Å². The largest absolute Gasteiger partial charge is 0.462 e. The molecule has 0 aliphatic heterocycles. The van der Waals surface area contributed by atoms with Crippen molar-refractivity contribution < 1.29 is 23.5 Å². The third-order valence-corrected chi connectivity index (χ3v) is 4.98. The first-order valence-corrected chi connectivity index (χ1v) is 9.34. The molecule has 8 nitrogen and oxygen atoms in total. The van der Waals surface area contributed by atoms with Gasteiger partial charge in [0.25, 0.3) is 0 Å². The lowest BCUT2D eigenvalue weighted by Crippen LogP contribution is -2.06. The van der Waals surface area contributed by atoms with Crippen molar-refractivity contribution in [2.24, 2.45) is 0 Å². The average molecular weight is 401 g/mol. The molecule has 0 radical (unpaired) electrons. The van der Waals surface area contributed by atoms with Gasteiger partial charge in [-0.05, 0) is 44.5 Å². The minimum atomic E-state index is -0.564. The van der Waals surface area contributed by atoms with Crippen molar-refractivity contribution in [3.63, 3.8) is 0 Å². The number of carbonyl (C=O) groups excluding carboxylic acids is 2. The molecule has 0 bridgehead atoms. The van der Waals surface area contributed by atoms with E-state index in [1.165, 1.54) is 23.5 Å². The summed E-state index contributed by atoms with van der Waals surface area (Å²) in [6.45, 7) is 5.45. The second kappa shape index (κ2) is 8.22. The topological polar surface area (TPSA) is 118 Å². The molecule has 0 fully saturated rings. The van der Waals surface area contributed by atoms with E-state index in [1.807, 2.05) is 6.92 Å². The number of nitrogens with two attached hydrogens (primary N) is 1. The standard InChI is InChI=1S/C19H19N3O5S/c1-4-25-19(24)16-11(3)15-17(20)21-13(22-18(15)28-16)9-26-14(23)8-7-12-6-5-10(2)27-12/h5-8H,4,9H2,1-3H3,(H2,20,21,22)/b8-7+. The Hall–Kier alpha value is -3.20. The molecular formula is C19H19N3O5S. The van der Waals surface area contributed by atoms with Gasteiger partial charge >= 0.3 is 11.9 Å². The van der Waals surface area contributed by atoms with Crippen molar-refractivity contribution in [3.8, 4) is 0 Å². The average Bonchev–Trinajstić information content (AvgIpc) is 3.22. The van der Waals surface area contributed by atoms with E-state index in [0.717, 1.165) is 5.76 Å². The molecule has 0 saturated carbocycles. The summed E-state index contributed by atoms with van der Waals surface area (Å²) < 4.78 is 15.5. The zero-order chi connectivity index (χ0) is 20.3. The lowest BCUT2D eigenvalue weighted by atomic mass is 10.2. The Morgan fingerprint density at radius 3 is 2.71 bits per heavy atom. The van der Waals surface area contributed by atoms with Gasteiger partial charge in [-0.2, -0.15) is 0 Å². The zero-order valence-electron chi connectivity index (χ0n) is 15.6. The van der Waals surface area contributed by atoms with E-state index in [4.69, 9.17) is 19.6 Å². The maximum absolute atomic E-state index is 12.1. The predicted octanol–water partition coefficient (Wildman–Crippen LogP) is 3.42. The molecule has 0 unspecified atom stereocenters. The SMILES string of the molecule is CCOC(=O)c1sc2nc(COC(=O)/C=C/c3ccc(C)o3)nc(N)c2c1C. The monoisotopic (exact) mass is 401 g/mol. The first-order valence-electron chi connectivity index (χ1n) is 8.53. The van der Waals surface area contributed by atoms with Crippen molar-refractivity contribution in [2.45, 2.75) is 27.4 Å². The van der Waals surface area contributed by atoms with E-state index in [1.54, 1.807) is 26.0 Å². The van der Waals surface area contributed by atoms with Crippen LogP contribution in [0.3, 0.4) is 0 Å². The minimum Gasteiger partial charge on any atom is -0.462 e. The quantitative estimate of drug-likeness (QED) is 0.493. The fraction of sp³-hybridized carbons (Fsp3) is 0.263. The highest BCUT2D eigenvalue weighted by atomic mass is 32.1. The lowest BCUT2D eigenvalue weighted by Gasteiger charge is -2.03. The van der Waals surface area contributed by atoms with Crippen LogP contribution in [0.4, 0.5) is 5.82 Å². The number of aryl methyl sites for hydroxylation is 2. The summed E-state index contributed by atoms with van der Waals surface area (Å²) in [5.74, 6) is 0.786. The van der Waals surface area contributed by atoms with Crippen molar-refractivity contribution in [1.29, 1.82) is 0 Å². The van der Waals surface area contributed by atoms with Gasteiger partial charge in [0.1, 0.15) is 27.0 Å². The zero-order valence-corrected chi connectivity index (χ0v) is 16.5. The number of rotatable bonds is 6. The highest BCUT2D eigenvalue weighted by Crippen LogP contribution is 2.33. The molecule has 0 aromatic carbocycles. The Morgan fingerprint density at radius 2 is 2.04 bits per heavy atom. The third-order valence-electron chi connectivity index (χ3n) is 3.81. The van der Waals surface area contributed by atoms with E-state index in [0.29, 0.717) is 26.4 Å². The maximum atomic E-state index is 12.1. The molecule has 0 aliphatic rings. The number of aromatic nitrogens is 2. The minimum absolute atomic E-state index is 0.147. The number of hydrogen-bond donors (Lipinski definition) is 1. The van der Waals surface area contributed by atoms with Crippen LogP contribution in [-0.2, 0) is 20.9 Å². The molecule has 3 heterocycles. The number of esters is 2. The van der Waals surface area contributed by atoms with Crippen LogP contribution in [0, 0.1) is 13.8 Å². The number of thiophene rings is 1. The molecule has 9 heteroatoms. The molecule has 3 rings (SSSR count). The summed E-state index contributed by atoms with van der Waals surface area (Å²) in [6, 6.07) is 3.54. The first kappa shape index (κ1) is 19.6. The molecule has 0 amide bonds. The van der Waals surface area contributed by atoms with Crippen molar-refractivity contribution in [1.82, 2.24) is 9.97 Å². The molecule has 0 saturated heterocycles. The molecule has 146 valence electrons. The van der Waals surface area contributed by atoms with Crippen LogP contribution in [0.5, 0.6) is 0 Å². The summed E-state index contributed by atoms with van der Waals surface area (Å²) in [5.41, 5.74) is 6.70. The van der Waals surface area contributed by atoms with Gasteiger partial charge < -0.3 is 19.6 Å². The molecule has 0 spiro atoms. The van der Waals surface area contributed by atoms with Gasteiger partial charge in [0.2, 0.25) is 0 Å². The lowest BCUT2D eigenvalue weighted by molar-refractivity contribution is -0.139. The first-order chi connectivity index (χ1) is 13.4. The van der Waals surface area contributed by atoms with E-state index in [9.17, 15) is 9.59 Å². The summed E-state index contributed by atoms with van der Waals surface area (Å²) in [7, 11) is 0. The number of ether oxygens (including phenoxy) is 2. The summed E-state index contributed by atoms with van der Waals surface area (Å²) in [5, 5.41) is 0.608. The van der Waals surface area contributed by atoms with Gasteiger partial charge in [0.15, 0.2) is 12.4 Å². The third kappa shape index (κ3) is 4.20. The predicted molar refractivity (Wildman–Crippen MR) is 105 cm³/mol. The highest BCUT2D eigenvalue weighted by Gasteiger charge is 2.20. The Morgan fingerprint density at radius 1 is 1.25 bits per heavy atom. The fourth-order valence-electron chi connectivity index (χ4n) is 2.55. The fourth-order valence-corrected chi connectivity index (χ4v) is 3.65. The van der Waals surface area contributed by atoms with E-state index < -0.39 is 11.9 Å². The van der Waals surface area contributed by atoms with Crippen molar-refractivity contribution in [3.05, 3.63) is 46.0 Å². The molecule has 28 heavy (non-hydrogen) atoms. The normalized spacial score (nSPS) is 11.2. The Balaban J connectivity index is 1.74. The summed E-state index contributed by atoms with van der Waals surface area (Å²) in [4.78, 5) is 33.4. The second-order valence-corrected chi connectivity index (χ2v) is 6.87.